The third kappa shape index (κ3) is 3.15. The van der Waals surface area contributed by atoms with Gasteiger partial charge in [-0.15, -0.1) is 0 Å². The molecule has 0 aliphatic carbocycles. The Morgan fingerprint density at radius 3 is 2.64 bits per heavy atom. The first-order chi connectivity index (χ1) is 12.2. The van der Waals surface area contributed by atoms with Crippen LogP contribution in [0.4, 0.5) is 5.69 Å². The molecule has 25 heavy (non-hydrogen) atoms. The van der Waals surface area contributed by atoms with Crippen molar-refractivity contribution in [1.29, 1.82) is 0 Å². The van der Waals surface area contributed by atoms with E-state index in [-0.39, 0.29) is 5.91 Å². The van der Waals surface area contributed by atoms with Gasteiger partial charge in [-0.25, -0.2) is 4.98 Å². The summed E-state index contributed by atoms with van der Waals surface area (Å²) in [6, 6.07) is 21.0. The molecule has 0 fully saturated rings. The summed E-state index contributed by atoms with van der Waals surface area (Å²) in [5.74, 6) is -0.122. The lowest BCUT2D eigenvalue weighted by atomic mass is 10.1. The molecule has 0 radical (unpaired) electrons. The van der Waals surface area contributed by atoms with Gasteiger partial charge in [0.25, 0.3) is 5.91 Å². The number of nitrogens with zero attached hydrogens (tertiary/aromatic N) is 2. The molecule has 0 spiro atoms. The lowest BCUT2D eigenvalue weighted by Gasteiger charge is -2.06. The van der Waals surface area contributed by atoms with Gasteiger partial charge in [-0.3, -0.25) is 4.79 Å². The van der Waals surface area contributed by atoms with Crippen LogP contribution in [0.25, 0.3) is 16.9 Å². The first-order valence-electron chi connectivity index (χ1n) is 8.11. The van der Waals surface area contributed by atoms with Crippen LogP contribution >= 0.6 is 0 Å². The molecular weight excluding hydrogens is 310 g/mol. The maximum absolute atomic E-state index is 12.3. The summed E-state index contributed by atoms with van der Waals surface area (Å²) < 4.78 is 2.01. The standard InChI is InChI=1S/C21H17N3O/c1-15-10-11-20-23-19(14-24(20)13-15)17-8-5-9-18(12-17)22-21(25)16-6-3-2-4-7-16/h2-14H,1H3,(H,22,25). The largest absolute Gasteiger partial charge is 0.322 e. The molecule has 0 saturated heterocycles. The van der Waals surface area contributed by atoms with Gasteiger partial charge < -0.3 is 9.72 Å². The van der Waals surface area contributed by atoms with Crippen LogP contribution in [0.1, 0.15) is 15.9 Å². The monoisotopic (exact) mass is 327 g/mol. The van der Waals surface area contributed by atoms with Crippen LogP contribution in [0.2, 0.25) is 0 Å². The summed E-state index contributed by atoms with van der Waals surface area (Å²) in [5.41, 5.74) is 5.31. The van der Waals surface area contributed by atoms with Crippen molar-refractivity contribution in [2.45, 2.75) is 6.92 Å². The van der Waals surface area contributed by atoms with E-state index in [0.717, 1.165) is 22.6 Å². The fraction of sp³-hybridized carbons (Fsp3) is 0.0476. The molecule has 0 aliphatic heterocycles. The highest BCUT2D eigenvalue weighted by molar-refractivity contribution is 6.04. The minimum Gasteiger partial charge on any atom is -0.322 e. The molecule has 4 heteroatoms. The number of pyridine rings is 1. The summed E-state index contributed by atoms with van der Waals surface area (Å²) in [4.78, 5) is 17.0. The zero-order valence-corrected chi connectivity index (χ0v) is 13.8. The number of imidazole rings is 1. The van der Waals surface area contributed by atoms with Crippen molar-refractivity contribution < 1.29 is 4.79 Å². The first kappa shape index (κ1) is 15.1. The average molecular weight is 327 g/mol. The van der Waals surface area contributed by atoms with Crippen molar-refractivity contribution in [3.05, 3.63) is 90.3 Å². The minimum atomic E-state index is -0.122. The molecule has 0 unspecified atom stereocenters. The van der Waals surface area contributed by atoms with Gasteiger partial charge in [0.15, 0.2) is 0 Å². The number of hydrogen-bond donors (Lipinski definition) is 1. The van der Waals surface area contributed by atoms with E-state index in [2.05, 4.69) is 17.2 Å². The highest BCUT2D eigenvalue weighted by atomic mass is 16.1. The summed E-state index contributed by atoms with van der Waals surface area (Å²) in [6.07, 6.45) is 4.05. The number of hydrogen-bond acceptors (Lipinski definition) is 2. The number of carbonyl (C=O) groups excluding carboxylic acids is 1. The number of anilines is 1. The van der Waals surface area contributed by atoms with E-state index in [1.54, 1.807) is 12.1 Å². The second-order valence-corrected chi connectivity index (χ2v) is 6.00. The van der Waals surface area contributed by atoms with E-state index in [1.165, 1.54) is 5.56 Å². The zero-order valence-electron chi connectivity index (χ0n) is 13.8. The van der Waals surface area contributed by atoms with Crippen molar-refractivity contribution in [3.63, 3.8) is 0 Å². The van der Waals surface area contributed by atoms with Gasteiger partial charge in [-0.05, 0) is 42.8 Å². The van der Waals surface area contributed by atoms with E-state index in [4.69, 9.17) is 0 Å². The van der Waals surface area contributed by atoms with E-state index >= 15 is 0 Å². The van der Waals surface area contributed by atoms with Crippen molar-refractivity contribution in [1.82, 2.24) is 9.38 Å². The maximum atomic E-state index is 12.3. The summed E-state index contributed by atoms with van der Waals surface area (Å²) >= 11 is 0. The van der Waals surface area contributed by atoms with E-state index in [9.17, 15) is 4.79 Å². The molecule has 2 aromatic carbocycles. The molecule has 2 heterocycles. The zero-order chi connectivity index (χ0) is 17.2. The number of aryl methyl sites for hydroxylation is 1. The van der Waals surface area contributed by atoms with Gasteiger partial charge in [0.1, 0.15) is 5.65 Å². The average Bonchev–Trinajstić information content (AvgIpc) is 3.06. The molecule has 0 atom stereocenters. The molecule has 1 amide bonds. The molecule has 4 rings (SSSR count). The third-order valence-electron chi connectivity index (χ3n) is 4.05. The van der Waals surface area contributed by atoms with Gasteiger partial charge in [0.05, 0.1) is 5.69 Å². The summed E-state index contributed by atoms with van der Waals surface area (Å²) in [7, 11) is 0. The number of nitrogens with one attached hydrogen (secondary N) is 1. The minimum absolute atomic E-state index is 0.122. The molecule has 2 aromatic heterocycles. The SMILES string of the molecule is Cc1ccc2nc(-c3cccc(NC(=O)c4ccccc4)c3)cn2c1. The number of carbonyl (C=O) groups is 1. The van der Waals surface area contributed by atoms with E-state index in [1.807, 2.05) is 71.4 Å². The van der Waals surface area contributed by atoms with Gasteiger partial charge in [0.2, 0.25) is 0 Å². The molecule has 0 aliphatic rings. The van der Waals surface area contributed by atoms with Gasteiger partial charge in [-0.2, -0.15) is 0 Å². The number of rotatable bonds is 3. The Morgan fingerprint density at radius 2 is 1.80 bits per heavy atom. The Balaban J connectivity index is 1.63. The van der Waals surface area contributed by atoms with Crippen LogP contribution in [0.5, 0.6) is 0 Å². The Bertz CT molecular complexity index is 1050. The van der Waals surface area contributed by atoms with Crippen LogP contribution in [0.15, 0.2) is 79.1 Å². The predicted molar refractivity (Wildman–Crippen MR) is 99.8 cm³/mol. The van der Waals surface area contributed by atoms with Gasteiger partial charge in [-0.1, -0.05) is 36.4 Å². The number of amides is 1. The highest BCUT2D eigenvalue weighted by Gasteiger charge is 2.08. The summed E-state index contributed by atoms with van der Waals surface area (Å²) in [5, 5.41) is 2.94. The predicted octanol–water partition coefficient (Wildman–Crippen LogP) is 4.56. The second-order valence-electron chi connectivity index (χ2n) is 6.00. The van der Waals surface area contributed by atoms with Gasteiger partial charge >= 0.3 is 0 Å². The van der Waals surface area contributed by atoms with Crippen LogP contribution in [0, 0.1) is 6.92 Å². The van der Waals surface area contributed by atoms with Crippen LogP contribution < -0.4 is 5.32 Å². The fourth-order valence-electron chi connectivity index (χ4n) is 2.79. The number of aromatic nitrogens is 2. The smallest absolute Gasteiger partial charge is 0.255 e. The lowest BCUT2D eigenvalue weighted by molar-refractivity contribution is 0.102. The number of benzene rings is 2. The molecule has 0 bridgehead atoms. The van der Waals surface area contributed by atoms with E-state index in [0.29, 0.717) is 5.56 Å². The van der Waals surface area contributed by atoms with E-state index < -0.39 is 0 Å². The molecule has 122 valence electrons. The fourth-order valence-corrected chi connectivity index (χ4v) is 2.79. The molecule has 1 N–H and O–H groups in total. The molecule has 4 aromatic rings. The van der Waals surface area contributed by atoms with Crippen molar-refractivity contribution >= 4 is 17.2 Å². The highest BCUT2D eigenvalue weighted by Crippen LogP contribution is 2.23. The normalized spacial score (nSPS) is 10.8. The second kappa shape index (κ2) is 6.24. The van der Waals surface area contributed by atoms with Gasteiger partial charge in [0, 0.05) is 29.2 Å². The quantitative estimate of drug-likeness (QED) is 0.599. The lowest BCUT2D eigenvalue weighted by Crippen LogP contribution is -2.11. The Labute approximate surface area is 145 Å². The maximum Gasteiger partial charge on any atom is 0.255 e. The Hall–Kier alpha value is -3.40. The summed E-state index contributed by atoms with van der Waals surface area (Å²) in [6.45, 7) is 2.05. The Morgan fingerprint density at radius 1 is 0.960 bits per heavy atom. The molecular formula is C21H17N3O. The van der Waals surface area contributed by atoms with Crippen LogP contribution in [0.3, 0.4) is 0 Å². The number of fused-ring (bicyclic) bond motifs is 1. The third-order valence-corrected chi connectivity index (χ3v) is 4.05. The molecule has 0 saturated carbocycles. The Kier molecular flexibility index (Phi) is 3.78. The molecule has 4 nitrogen and oxygen atoms in total. The van der Waals surface area contributed by atoms with Crippen molar-refractivity contribution in [2.75, 3.05) is 5.32 Å². The van der Waals surface area contributed by atoms with Crippen molar-refractivity contribution in [3.8, 4) is 11.3 Å². The first-order valence-corrected chi connectivity index (χ1v) is 8.11. The topological polar surface area (TPSA) is 46.4 Å². The van der Waals surface area contributed by atoms with Crippen LogP contribution in [-0.2, 0) is 0 Å². The van der Waals surface area contributed by atoms with Crippen molar-refractivity contribution in [2.24, 2.45) is 0 Å². The van der Waals surface area contributed by atoms with Crippen LogP contribution in [-0.4, -0.2) is 15.3 Å².